The zero-order valence-electron chi connectivity index (χ0n) is 18.2. The second kappa shape index (κ2) is 9.51. The molecule has 0 saturated carbocycles. The van der Waals surface area contributed by atoms with Crippen LogP contribution in [-0.2, 0) is 4.79 Å². The number of carbonyl (C=O) groups is 1. The number of hydrogen-bond donors (Lipinski definition) is 1. The first-order valence-electron chi connectivity index (χ1n) is 10.7. The average molecular weight is 437 g/mol. The molecule has 0 bridgehead atoms. The Balaban J connectivity index is 1.40. The van der Waals surface area contributed by atoms with E-state index in [1.165, 1.54) is 36.7 Å². The van der Waals surface area contributed by atoms with E-state index >= 15 is 0 Å². The summed E-state index contributed by atoms with van der Waals surface area (Å²) in [6, 6.07) is 14.3. The maximum absolute atomic E-state index is 12.8. The molecule has 1 atom stereocenters. The predicted molar refractivity (Wildman–Crippen MR) is 125 cm³/mol. The quantitative estimate of drug-likeness (QED) is 0.578. The van der Waals surface area contributed by atoms with Gasteiger partial charge in [0.2, 0.25) is 11.1 Å². The number of tetrazole rings is 1. The van der Waals surface area contributed by atoms with Gasteiger partial charge in [0.25, 0.3) is 0 Å². The fourth-order valence-corrected chi connectivity index (χ4v) is 4.51. The number of piperidine rings is 1. The molecule has 31 heavy (non-hydrogen) atoms. The Morgan fingerprint density at radius 3 is 2.55 bits per heavy atom. The maximum atomic E-state index is 12.8. The smallest absolute Gasteiger partial charge is 0.237 e. The van der Waals surface area contributed by atoms with Crippen LogP contribution in [0.25, 0.3) is 5.69 Å². The molecular formula is C23H28N6OS. The zero-order valence-corrected chi connectivity index (χ0v) is 19.0. The summed E-state index contributed by atoms with van der Waals surface area (Å²) in [6.45, 7) is 8.13. The van der Waals surface area contributed by atoms with E-state index in [0.717, 1.165) is 35.6 Å². The minimum Gasteiger partial charge on any atom is -0.372 e. The fourth-order valence-electron chi connectivity index (χ4n) is 3.71. The molecule has 1 aromatic heterocycles. The molecule has 2 heterocycles. The molecule has 0 spiro atoms. The van der Waals surface area contributed by atoms with Gasteiger partial charge in [0.1, 0.15) is 0 Å². The van der Waals surface area contributed by atoms with Crippen LogP contribution in [0.15, 0.2) is 47.6 Å². The number of aromatic nitrogens is 4. The third-order valence-electron chi connectivity index (χ3n) is 5.54. The van der Waals surface area contributed by atoms with Gasteiger partial charge >= 0.3 is 0 Å². The SMILES string of the molecule is Cc1ccc(C)c(-n2nnnc2SC(C)C(=O)Nc2ccc(N3CCCCC3)cc2)c1. The number of benzene rings is 2. The van der Waals surface area contributed by atoms with Gasteiger partial charge in [0.15, 0.2) is 0 Å². The first kappa shape index (κ1) is 21.4. The highest BCUT2D eigenvalue weighted by Gasteiger charge is 2.20. The van der Waals surface area contributed by atoms with Gasteiger partial charge in [0.05, 0.1) is 10.9 Å². The lowest BCUT2D eigenvalue weighted by Crippen LogP contribution is -2.29. The standard InChI is InChI=1S/C23H28N6OS/c1-16-7-8-17(2)21(15-16)29-23(25-26-27-29)31-18(3)22(30)24-19-9-11-20(12-10-19)28-13-5-4-6-14-28/h7-12,15,18H,4-6,13-14H2,1-3H3,(H,24,30). The van der Waals surface area contributed by atoms with Gasteiger partial charge in [-0.1, -0.05) is 23.9 Å². The molecule has 1 unspecified atom stereocenters. The Morgan fingerprint density at radius 1 is 1.06 bits per heavy atom. The van der Waals surface area contributed by atoms with Crippen LogP contribution < -0.4 is 10.2 Å². The largest absolute Gasteiger partial charge is 0.372 e. The van der Waals surface area contributed by atoms with Gasteiger partial charge in [-0.05, 0) is 91.9 Å². The van der Waals surface area contributed by atoms with Crippen LogP contribution in [0.3, 0.4) is 0 Å². The van der Waals surface area contributed by atoms with Crippen molar-refractivity contribution in [2.24, 2.45) is 0 Å². The number of hydrogen-bond acceptors (Lipinski definition) is 6. The fraction of sp³-hybridized carbons (Fsp3) is 0.391. The van der Waals surface area contributed by atoms with Crippen molar-refractivity contribution in [2.75, 3.05) is 23.3 Å². The number of aryl methyl sites for hydroxylation is 2. The van der Waals surface area contributed by atoms with Crippen LogP contribution in [0.4, 0.5) is 11.4 Å². The number of anilines is 2. The second-order valence-electron chi connectivity index (χ2n) is 8.01. The summed E-state index contributed by atoms with van der Waals surface area (Å²) in [5.74, 6) is -0.0776. The lowest BCUT2D eigenvalue weighted by Gasteiger charge is -2.28. The van der Waals surface area contributed by atoms with Crippen LogP contribution >= 0.6 is 11.8 Å². The second-order valence-corrected chi connectivity index (χ2v) is 9.32. The summed E-state index contributed by atoms with van der Waals surface area (Å²) in [7, 11) is 0. The van der Waals surface area contributed by atoms with Gasteiger partial charge in [-0.15, -0.1) is 5.10 Å². The van der Waals surface area contributed by atoms with Crippen LogP contribution in [0, 0.1) is 13.8 Å². The van der Waals surface area contributed by atoms with E-state index < -0.39 is 0 Å². The van der Waals surface area contributed by atoms with E-state index in [1.54, 1.807) is 4.68 Å². The van der Waals surface area contributed by atoms with Crippen molar-refractivity contribution >= 4 is 29.0 Å². The lowest BCUT2D eigenvalue weighted by molar-refractivity contribution is -0.115. The van der Waals surface area contributed by atoms with E-state index in [4.69, 9.17) is 0 Å². The molecule has 1 amide bonds. The number of nitrogens with zero attached hydrogens (tertiary/aromatic N) is 5. The highest BCUT2D eigenvalue weighted by atomic mass is 32.2. The predicted octanol–water partition coefficient (Wildman–Crippen LogP) is 4.39. The van der Waals surface area contributed by atoms with Gasteiger partial charge in [-0.2, -0.15) is 4.68 Å². The summed E-state index contributed by atoms with van der Waals surface area (Å²) >= 11 is 1.35. The van der Waals surface area contributed by atoms with Crippen molar-refractivity contribution in [1.82, 2.24) is 20.2 Å². The summed E-state index contributed by atoms with van der Waals surface area (Å²) in [4.78, 5) is 15.2. The molecule has 0 aliphatic carbocycles. The molecule has 162 valence electrons. The summed E-state index contributed by atoms with van der Waals surface area (Å²) < 4.78 is 1.70. The van der Waals surface area contributed by atoms with E-state index in [0.29, 0.717) is 5.16 Å². The molecule has 8 heteroatoms. The summed E-state index contributed by atoms with van der Waals surface area (Å²) in [6.07, 6.45) is 3.80. The number of rotatable bonds is 6. The topological polar surface area (TPSA) is 75.9 Å². The van der Waals surface area contributed by atoms with Gasteiger partial charge in [-0.3, -0.25) is 4.79 Å². The summed E-state index contributed by atoms with van der Waals surface area (Å²) in [5, 5.41) is 15.3. The van der Waals surface area contributed by atoms with Gasteiger partial charge in [0, 0.05) is 24.5 Å². The minimum atomic E-state index is -0.350. The molecular weight excluding hydrogens is 408 g/mol. The third-order valence-corrected chi connectivity index (χ3v) is 6.57. The van der Waals surface area contributed by atoms with E-state index in [1.807, 2.05) is 45.0 Å². The van der Waals surface area contributed by atoms with Crippen molar-refractivity contribution in [3.05, 3.63) is 53.6 Å². The molecule has 0 radical (unpaired) electrons. The molecule has 4 rings (SSSR count). The maximum Gasteiger partial charge on any atom is 0.237 e. The van der Waals surface area contributed by atoms with E-state index in [2.05, 4.69) is 43.9 Å². The van der Waals surface area contributed by atoms with E-state index in [-0.39, 0.29) is 11.2 Å². The van der Waals surface area contributed by atoms with Gasteiger partial charge < -0.3 is 10.2 Å². The van der Waals surface area contributed by atoms with Crippen LogP contribution in [0.5, 0.6) is 0 Å². The first-order chi connectivity index (χ1) is 15.0. The third kappa shape index (κ3) is 5.07. The molecule has 7 nitrogen and oxygen atoms in total. The lowest BCUT2D eigenvalue weighted by atomic mass is 10.1. The van der Waals surface area contributed by atoms with Crippen LogP contribution in [0.1, 0.15) is 37.3 Å². The van der Waals surface area contributed by atoms with Crippen molar-refractivity contribution < 1.29 is 4.79 Å². The average Bonchev–Trinajstić information content (AvgIpc) is 3.24. The molecule has 2 aromatic carbocycles. The Morgan fingerprint density at radius 2 is 1.81 bits per heavy atom. The normalized spacial score (nSPS) is 15.0. The van der Waals surface area contributed by atoms with Crippen molar-refractivity contribution in [3.63, 3.8) is 0 Å². The molecule has 1 fully saturated rings. The first-order valence-corrected chi connectivity index (χ1v) is 11.6. The molecule has 1 aliphatic rings. The zero-order chi connectivity index (χ0) is 21.8. The molecule has 3 aromatic rings. The molecule has 1 N–H and O–H groups in total. The van der Waals surface area contributed by atoms with Crippen molar-refractivity contribution in [2.45, 2.75) is 50.4 Å². The number of carbonyl (C=O) groups excluding carboxylic acids is 1. The Bertz CT molecular complexity index is 1040. The molecule has 1 saturated heterocycles. The highest BCUT2D eigenvalue weighted by molar-refractivity contribution is 8.00. The van der Waals surface area contributed by atoms with E-state index in [9.17, 15) is 4.79 Å². The van der Waals surface area contributed by atoms with Gasteiger partial charge in [-0.25, -0.2) is 0 Å². The van der Waals surface area contributed by atoms with Crippen molar-refractivity contribution in [3.8, 4) is 5.69 Å². The number of amides is 1. The van der Waals surface area contributed by atoms with Crippen molar-refractivity contribution in [1.29, 1.82) is 0 Å². The Hall–Kier alpha value is -2.87. The monoisotopic (exact) mass is 436 g/mol. The Labute approximate surface area is 187 Å². The Kier molecular flexibility index (Phi) is 6.56. The number of thioether (sulfide) groups is 1. The number of nitrogens with one attached hydrogen (secondary N) is 1. The minimum absolute atomic E-state index is 0.0776. The molecule has 1 aliphatic heterocycles. The highest BCUT2D eigenvalue weighted by Crippen LogP contribution is 2.26. The summed E-state index contributed by atoms with van der Waals surface area (Å²) in [5.41, 5.74) is 5.14. The van der Waals surface area contributed by atoms with Crippen LogP contribution in [-0.4, -0.2) is 44.5 Å². The van der Waals surface area contributed by atoms with Crippen LogP contribution in [0.2, 0.25) is 0 Å².